The molecular formula is C43H32N2. The van der Waals surface area contributed by atoms with Crippen LogP contribution in [-0.4, -0.2) is 9.13 Å². The number of fused-ring (bicyclic) bond motifs is 6. The van der Waals surface area contributed by atoms with Crippen molar-refractivity contribution in [1.29, 1.82) is 0 Å². The van der Waals surface area contributed by atoms with Gasteiger partial charge in [0, 0.05) is 51.2 Å². The molecule has 8 aromatic rings. The van der Waals surface area contributed by atoms with Crippen LogP contribution in [0.25, 0.3) is 66.0 Å². The Kier molecular flexibility index (Phi) is 5.89. The zero-order valence-electron chi connectivity index (χ0n) is 25.2. The fourth-order valence-electron chi connectivity index (χ4n) is 7.36. The van der Waals surface area contributed by atoms with Crippen molar-refractivity contribution in [3.05, 3.63) is 169 Å². The van der Waals surface area contributed by atoms with Crippen LogP contribution in [0, 0.1) is 0 Å². The van der Waals surface area contributed by atoms with Crippen molar-refractivity contribution in [3.8, 4) is 16.8 Å². The van der Waals surface area contributed by atoms with E-state index >= 15 is 0 Å². The van der Waals surface area contributed by atoms with Crippen LogP contribution in [-0.2, 0) is 7.05 Å². The van der Waals surface area contributed by atoms with Gasteiger partial charge in [0.05, 0.1) is 11.0 Å². The van der Waals surface area contributed by atoms with E-state index in [1.54, 1.807) is 0 Å². The molecule has 1 atom stereocenters. The van der Waals surface area contributed by atoms with E-state index in [9.17, 15) is 0 Å². The third-order valence-electron chi connectivity index (χ3n) is 9.71. The average Bonchev–Trinajstić information content (AvgIpc) is 3.60. The second kappa shape index (κ2) is 10.2. The van der Waals surface area contributed by atoms with Crippen LogP contribution in [0.5, 0.6) is 0 Å². The van der Waals surface area contributed by atoms with E-state index in [1.165, 1.54) is 77.1 Å². The predicted octanol–water partition coefficient (Wildman–Crippen LogP) is 11.2. The highest BCUT2D eigenvalue weighted by atomic mass is 15.0. The molecule has 0 aliphatic heterocycles. The Hall–Kier alpha value is -5.60. The van der Waals surface area contributed by atoms with Gasteiger partial charge in [-0.05, 0) is 82.8 Å². The molecule has 0 fully saturated rings. The largest absolute Gasteiger partial charge is 0.344 e. The molecule has 1 aliphatic carbocycles. The van der Waals surface area contributed by atoms with Crippen molar-refractivity contribution < 1.29 is 0 Å². The van der Waals surface area contributed by atoms with E-state index in [-0.39, 0.29) is 0 Å². The molecule has 2 nitrogen and oxygen atoms in total. The molecule has 0 N–H and O–H groups in total. The highest BCUT2D eigenvalue weighted by molar-refractivity contribution is 6.12. The topological polar surface area (TPSA) is 9.86 Å². The van der Waals surface area contributed by atoms with Gasteiger partial charge in [-0.25, -0.2) is 0 Å². The van der Waals surface area contributed by atoms with Crippen molar-refractivity contribution in [3.63, 3.8) is 0 Å². The minimum absolute atomic E-state index is 0.450. The molecule has 0 spiro atoms. The van der Waals surface area contributed by atoms with E-state index in [2.05, 4.69) is 174 Å². The quantitative estimate of drug-likeness (QED) is 0.197. The molecule has 2 heterocycles. The lowest BCUT2D eigenvalue weighted by Gasteiger charge is -2.17. The van der Waals surface area contributed by atoms with Crippen LogP contribution >= 0.6 is 0 Å². The molecule has 45 heavy (non-hydrogen) atoms. The third kappa shape index (κ3) is 4.17. The lowest BCUT2D eigenvalue weighted by molar-refractivity contribution is 0.856. The van der Waals surface area contributed by atoms with Crippen molar-refractivity contribution in [1.82, 2.24) is 9.13 Å². The Morgan fingerprint density at radius 1 is 0.511 bits per heavy atom. The van der Waals surface area contributed by atoms with Crippen molar-refractivity contribution in [2.45, 2.75) is 12.3 Å². The van der Waals surface area contributed by atoms with Crippen LogP contribution in [0.2, 0.25) is 0 Å². The molecule has 0 radical (unpaired) electrons. The number of aromatic nitrogens is 2. The summed E-state index contributed by atoms with van der Waals surface area (Å²) in [5.41, 5.74) is 12.6. The molecule has 9 rings (SSSR count). The summed E-state index contributed by atoms with van der Waals surface area (Å²) in [6, 6.07) is 51.1. The first-order valence-corrected chi connectivity index (χ1v) is 15.8. The number of para-hydroxylation sites is 2. The Bertz CT molecular complexity index is 2450. The van der Waals surface area contributed by atoms with Crippen molar-refractivity contribution >= 4 is 49.2 Å². The molecule has 1 unspecified atom stereocenters. The number of hydrogen-bond donors (Lipinski definition) is 0. The lowest BCUT2D eigenvalue weighted by atomic mass is 9.88. The Morgan fingerprint density at radius 3 is 1.78 bits per heavy atom. The highest BCUT2D eigenvalue weighted by Crippen LogP contribution is 2.37. The number of benzene rings is 6. The Balaban J connectivity index is 1.09. The second-order valence-electron chi connectivity index (χ2n) is 12.2. The van der Waals surface area contributed by atoms with Gasteiger partial charge >= 0.3 is 0 Å². The summed E-state index contributed by atoms with van der Waals surface area (Å²) >= 11 is 0. The maximum Gasteiger partial charge on any atom is 0.0541 e. The standard InChI is InChI=1S/C43H32N2/c1-44-40-13-7-5-11-36(40)38-27-33(21-25-41(38)44)34-22-26-43-39(28-34)37-12-6-8-14-42(37)45(43)35-23-19-32(20-24-35)31-17-15-30(16-18-31)29-9-3-2-4-10-29/h2-15,17-28,30H,16H2,1H3. The van der Waals surface area contributed by atoms with E-state index in [0.29, 0.717) is 5.92 Å². The molecule has 1 aliphatic rings. The molecule has 0 saturated heterocycles. The summed E-state index contributed by atoms with van der Waals surface area (Å²) in [7, 11) is 2.15. The molecule has 0 amide bonds. The molecule has 6 aromatic carbocycles. The third-order valence-corrected chi connectivity index (χ3v) is 9.71. The summed E-state index contributed by atoms with van der Waals surface area (Å²) < 4.78 is 4.70. The van der Waals surface area contributed by atoms with Gasteiger partial charge in [-0.1, -0.05) is 109 Å². The lowest BCUT2D eigenvalue weighted by Crippen LogP contribution is -1.99. The zero-order valence-corrected chi connectivity index (χ0v) is 25.2. The number of rotatable bonds is 4. The normalized spacial score (nSPS) is 15.0. The minimum Gasteiger partial charge on any atom is -0.344 e. The molecule has 214 valence electrons. The number of aryl methyl sites for hydroxylation is 1. The molecule has 0 saturated carbocycles. The Morgan fingerprint density at radius 2 is 1.07 bits per heavy atom. The summed E-state index contributed by atoms with van der Waals surface area (Å²) in [6.45, 7) is 0. The maximum atomic E-state index is 2.41. The van der Waals surface area contributed by atoms with Gasteiger partial charge in [0.25, 0.3) is 0 Å². The Labute approximate surface area is 262 Å². The SMILES string of the molecule is Cn1c2ccccc2c2cc(-c3ccc4c(c3)c3ccccc3n4-c3ccc(C4=CCC(c5ccccc5)C=C4)cc3)ccc21. The zero-order chi connectivity index (χ0) is 29.9. The highest BCUT2D eigenvalue weighted by Gasteiger charge is 2.16. The number of allylic oxidation sites excluding steroid dienone is 4. The van der Waals surface area contributed by atoms with Gasteiger partial charge in [0.2, 0.25) is 0 Å². The van der Waals surface area contributed by atoms with Gasteiger partial charge < -0.3 is 9.13 Å². The van der Waals surface area contributed by atoms with Gasteiger partial charge in [-0.3, -0.25) is 0 Å². The fourth-order valence-corrected chi connectivity index (χ4v) is 7.36. The summed E-state index contributed by atoms with van der Waals surface area (Å²) in [5, 5.41) is 5.14. The van der Waals surface area contributed by atoms with E-state index in [1.807, 2.05) is 0 Å². The first-order chi connectivity index (χ1) is 22.2. The van der Waals surface area contributed by atoms with E-state index in [4.69, 9.17) is 0 Å². The molecule has 0 bridgehead atoms. The second-order valence-corrected chi connectivity index (χ2v) is 12.2. The number of nitrogens with zero attached hydrogens (tertiary/aromatic N) is 2. The smallest absolute Gasteiger partial charge is 0.0541 e. The number of hydrogen-bond acceptors (Lipinski definition) is 0. The van der Waals surface area contributed by atoms with Gasteiger partial charge in [-0.2, -0.15) is 0 Å². The summed E-state index contributed by atoms with van der Waals surface area (Å²) in [6.07, 6.45) is 8.04. The van der Waals surface area contributed by atoms with Crippen LogP contribution < -0.4 is 0 Å². The van der Waals surface area contributed by atoms with Crippen molar-refractivity contribution in [2.24, 2.45) is 7.05 Å². The first-order valence-electron chi connectivity index (χ1n) is 15.8. The summed E-state index contributed by atoms with van der Waals surface area (Å²) in [4.78, 5) is 0. The first kappa shape index (κ1) is 25.9. The monoisotopic (exact) mass is 576 g/mol. The van der Waals surface area contributed by atoms with Crippen LogP contribution in [0.4, 0.5) is 0 Å². The molecule has 2 aromatic heterocycles. The maximum absolute atomic E-state index is 2.41. The van der Waals surface area contributed by atoms with Crippen LogP contribution in [0.15, 0.2) is 158 Å². The fraction of sp³-hybridized carbons (Fsp3) is 0.0698. The van der Waals surface area contributed by atoms with E-state index < -0.39 is 0 Å². The van der Waals surface area contributed by atoms with Crippen molar-refractivity contribution in [2.75, 3.05) is 0 Å². The van der Waals surface area contributed by atoms with Gasteiger partial charge in [-0.15, -0.1) is 0 Å². The van der Waals surface area contributed by atoms with Crippen LogP contribution in [0.3, 0.4) is 0 Å². The average molecular weight is 577 g/mol. The van der Waals surface area contributed by atoms with Gasteiger partial charge in [0.1, 0.15) is 0 Å². The minimum atomic E-state index is 0.450. The summed E-state index contributed by atoms with van der Waals surface area (Å²) in [5.74, 6) is 0.450. The molecular weight excluding hydrogens is 544 g/mol. The van der Waals surface area contributed by atoms with Gasteiger partial charge in [0.15, 0.2) is 0 Å². The predicted molar refractivity (Wildman–Crippen MR) is 191 cm³/mol. The molecule has 2 heteroatoms. The van der Waals surface area contributed by atoms with E-state index in [0.717, 1.165) is 6.42 Å². The van der Waals surface area contributed by atoms with Crippen LogP contribution in [0.1, 0.15) is 23.5 Å².